The number of hydrogen-bond donors (Lipinski definition) is 0. The van der Waals surface area contributed by atoms with Gasteiger partial charge in [0.2, 0.25) is 0 Å². The molecule has 0 atom stereocenters. The van der Waals surface area contributed by atoms with Crippen LogP contribution in [0, 0.1) is 5.92 Å². The van der Waals surface area contributed by atoms with Crippen LogP contribution in [0.2, 0.25) is 0 Å². The third-order valence-electron chi connectivity index (χ3n) is 2.09. The Morgan fingerprint density at radius 2 is 1.93 bits per heavy atom. The molecule has 0 saturated heterocycles. The van der Waals surface area contributed by atoms with Crippen LogP contribution in [0.3, 0.4) is 0 Å². The molecule has 0 aliphatic heterocycles. The molecule has 0 spiro atoms. The van der Waals surface area contributed by atoms with Gasteiger partial charge >= 0.3 is 0 Å². The van der Waals surface area contributed by atoms with Crippen molar-refractivity contribution in [3.63, 3.8) is 0 Å². The van der Waals surface area contributed by atoms with Crippen LogP contribution in [0.4, 0.5) is 0 Å². The van der Waals surface area contributed by atoms with Crippen LogP contribution in [-0.2, 0) is 17.6 Å². The van der Waals surface area contributed by atoms with Crippen molar-refractivity contribution in [3.8, 4) is 0 Å². The van der Waals surface area contributed by atoms with Crippen molar-refractivity contribution in [2.24, 2.45) is 5.92 Å². The molecule has 0 N–H and O–H groups in total. The first kappa shape index (κ1) is 11.0. The van der Waals surface area contributed by atoms with E-state index in [2.05, 4.69) is 26.0 Å². The molecular weight excluding hydrogens is 172 g/mol. The first-order valence-corrected chi connectivity index (χ1v) is 5.15. The normalized spacial score (nSPS) is 10.6. The zero-order valence-corrected chi connectivity index (χ0v) is 9.21. The Kier molecular flexibility index (Phi) is 3.87. The summed E-state index contributed by atoms with van der Waals surface area (Å²) in [6.45, 7) is 6.05. The molecule has 0 aliphatic rings. The molecule has 1 aromatic carbocycles. The number of Topliss-reactive ketones (excluding diaryl/α,β-unsaturated/α-hetero) is 1. The molecule has 0 saturated carbocycles. The fraction of sp³-hybridized carbons (Fsp3) is 0.462. The van der Waals surface area contributed by atoms with Crippen LogP contribution in [-0.4, -0.2) is 5.78 Å². The van der Waals surface area contributed by atoms with Gasteiger partial charge < -0.3 is 0 Å². The first-order valence-electron chi connectivity index (χ1n) is 5.15. The second-order valence-corrected chi connectivity index (χ2v) is 4.30. The molecule has 1 aromatic rings. The van der Waals surface area contributed by atoms with Crippen molar-refractivity contribution in [2.75, 3.05) is 0 Å². The lowest BCUT2D eigenvalue weighted by Crippen LogP contribution is -1.99. The summed E-state index contributed by atoms with van der Waals surface area (Å²) in [6.07, 6.45) is 1.65. The third kappa shape index (κ3) is 3.73. The predicted octanol–water partition coefficient (Wildman–Crippen LogP) is 3.02. The highest BCUT2D eigenvalue weighted by Gasteiger charge is 2.01. The number of carbonyl (C=O) groups excluding carboxylic acids is 1. The van der Waals surface area contributed by atoms with E-state index in [1.54, 1.807) is 6.92 Å². The standard InChI is InChI=1S/C13H18O/c1-10(2)7-12-5-4-6-13(9-12)8-11(3)14/h4-6,9-10H,7-8H2,1-3H3. The SMILES string of the molecule is CC(=O)Cc1cccc(CC(C)C)c1. The van der Waals surface area contributed by atoms with E-state index >= 15 is 0 Å². The summed E-state index contributed by atoms with van der Waals surface area (Å²) in [7, 11) is 0. The van der Waals surface area contributed by atoms with Crippen LogP contribution in [0.15, 0.2) is 24.3 Å². The molecule has 1 heteroatoms. The minimum atomic E-state index is 0.228. The van der Waals surface area contributed by atoms with Crippen LogP contribution in [0.5, 0.6) is 0 Å². The Morgan fingerprint density at radius 3 is 2.50 bits per heavy atom. The molecule has 0 heterocycles. The van der Waals surface area contributed by atoms with Crippen molar-refractivity contribution in [1.82, 2.24) is 0 Å². The molecule has 0 amide bonds. The summed E-state index contributed by atoms with van der Waals surface area (Å²) in [5, 5.41) is 0. The van der Waals surface area contributed by atoms with Gasteiger partial charge in [0.05, 0.1) is 0 Å². The summed E-state index contributed by atoms with van der Waals surface area (Å²) < 4.78 is 0. The largest absolute Gasteiger partial charge is 0.300 e. The Labute approximate surface area is 86.1 Å². The van der Waals surface area contributed by atoms with Gasteiger partial charge in [-0.05, 0) is 30.4 Å². The molecule has 76 valence electrons. The van der Waals surface area contributed by atoms with Crippen molar-refractivity contribution in [2.45, 2.75) is 33.6 Å². The van der Waals surface area contributed by atoms with Gasteiger partial charge in [-0.15, -0.1) is 0 Å². The average molecular weight is 190 g/mol. The summed E-state index contributed by atoms with van der Waals surface area (Å²) in [5.41, 5.74) is 2.47. The maximum absolute atomic E-state index is 10.9. The third-order valence-corrected chi connectivity index (χ3v) is 2.09. The van der Waals surface area contributed by atoms with E-state index in [4.69, 9.17) is 0 Å². The van der Waals surface area contributed by atoms with Crippen LogP contribution in [0.1, 0.15) is 31.9 Å². The maximum Gasteiger partial charge on any atom is 0.134 e. The van der Waals surface area contributed by atoms with Crippen LogP contribution >= 0.6 is 0 Å². The van der Waals surface area contributed by atoms with Gasteiger partial charge in [-0.25, -0.2) is 0 Å². The highest BCUT2D eigenvalue weighted by Crippen LogP contribution is 2.11. The lowest BCUT2D eigenvalue weighted by molar-refractivity contribution is -0.116. The maximum atomic E-state index is 10.9. The lowest BCUT2D eigenvalue weighted by Gasteiger charge is -2.06. The molecule has 0 radical (unpaired) electrons. The molecule has 0 aromatic heterocycles. The summed E-state index contributed by atoms with van der Waals surface area (Å²) in [5.74, 6) is 0.897. The monoisotopic (exact) mass is 190 g/mol. The van der Waals surface area contributed by atoms with E-state index in [0.717, 1.165) is 12.0 Å². The molecule has 0 bridgehead atoms. The van der Waals surface area contributed by atoms with E-state index < -0.39 is 0 Å². The predicted molar refractivity (Wildman–Crippen MR) is 59.4 cm³/mol. The summed E-state index contributed by atoms with van der Waals surface area (Å²) >= 11 is 0. The van der Waals surface area contributed by atoms with Gasteiger partial charge in [-0.1, -0.05) is 38.1 Å². The zero-order chi connectivity index (χ0) is 10.6. The summed E-state index contributed by atoms with van der Waals surface area (Å²) in [6, 6.07) is 8.33. The zero-order valence-electron chi connectivity index (χ0n) is 9.21. The number of rotatable bonds is 4. The van der Waals surface area contributed by atoms with Crippen molar-refractivity contribution in [3.05, 3.63) is 35.4 Å². The Balaban J connectivity index is 2.73. The van der Waals surface area contributed by atoms with E-state index in [1.165, 1.54) is 5.56 Å². The average Bonchev–Trinajstić information content (AvgIpc) is 2.01. The second-order valence-electron chi connectivity index (χ2n) is 4.30. The molecule has 1 rings (SSSR count). The van der Waals surface area contributed by atoms with Gasteiger partial charge in [0.1, 0.15) is 5.78 Å². The second kappa shape index (κ2) is 4.94. The van der Waals surface area contributed by atoms with Crippen molar-refractivity contribution >= 4 is 5.78 Å². The van der Waals surface area contributed by atoms with Gasteiger partial charge in [0, 0.05) is 6.42 Å². The van der Waals surface area contributed by atoms with E-state index in [9.17, 15) is 4.79 Å². The number of carbonyl (C=O) groups is 1. The van der Waals surface area contributed by atoms with Gasteiger partial charge in [-0.3, -0.25) is 4.79 Å². The fourth-order valence-electron chi connectivity index (χ4n) is 1.63. The van der Waals surface area contributed by atoms with Gasteiger partial charge in [-0.2, -0.15) is 0 Å². The van der Waals surface area contributed by atoms with E-state index in [-0.39, 0.29) is 5.78 Å². The molecule has 1 nitrogen and oxygen atoms in total. The number of benzene rings is 1. The van der Waals surface area contributed by atoms with Crippen molar-refractivity contribution < 1.29 is 4.79 Å². The quantitative estimate of drug-likeness (QED) is 0.713. The Hall–Kier alpha value is -1.11. The highest BCUT2D eigenvalue weighted by atomic mass is 16.1. The topological polar surface area (TPSA) is 17.1 Å². The molecule has 0 unspecified atom stereocenters. The first-order chi connectivity index (χ1) is 6.58. The highest BCUT2D eigenvalue weighted by molar-refractivity contribution is 5.78. The molecule has 0 aliphatic carbocycles. The van der Waals surface area contributed by atoms with E-state index in [0.29, 0.717) is 12.3 Å². The smallest absolute Gasteiger partial charge is 0.134 e. The van der Waals surface area contributed by atoms with Gasteiger partial charge in [0.25, 0.3) is 0 Å². The molecule has 0 fully saturated rings. The summed E-state index contributed by atoms with van der Waals surface area (Å²) in [4.78, 5) is 10.9. The molecule has 14 heavy (non-hydrogen) atoms. The van der Waals surface area contributed by atoms with Crippen LogP contribution < -0.4 is 0 Å². The minimum absolute atomic E-state index is 0.228. The number of ketones is 1. The van der Waals surface area contributed by atoms with E-state index in [1.807, 2.05) is 12.1 Å². The minimum Gasteiger partial charge on any atom is -0.300 e. The Bertz CT molecular complexity index is 313. The van der Waals surface area contributed by atoms with Gasteiger partial charge in [0.15, 0.2) is 0 Å². The molecular formula is C13H18O. The van der Waals surface area contributed by atoms with Crippen LogP contribution in [0.25, 0.3) is 0 Å². The lowest BCUT2D eigenvalue weighted by atomic mass is 9.99. The number of hydrogen-bond acceptors (Lipinski definition) is 1. The Morgan fingerprint density at radius 1 is 1.29 bits per heavy atom. The van der Waals surface area contributed by atoms with Crippen molar-refractivity contribution in [1.29, 1.82) is 0 Å². The fourth-order valence-corrected chi connectivity index (χ4v) is 1.63.